The summed E-state index contributed by atoms with van der Waals surface area (Å²) in [6.45, 7) is 0.781. The Morgan fingerprint density at radius 2 is 2.21 bits per heavy atom. The molecule has 72 valence electrons. The molecule has 1 aliphatic heterocycles. The third kappa shape index (κ3) is 0.930. The number of aliphatic hydroxyl groups excluding tert-OH is 1. The highest BCUT2D eigenvalue weighted by Crippen LogP contribution is 2.32. The van der Waals surface area contributed by atoms with Crippen molar-refractivity contribution in [3.8, 4) is 0 Å². The monoisotopic (exact) mass is 191 g/mol. The number of aliphatic hydroxyl groups is 1. The van der Waals surface area contributed by atoms with Crippen molar-refractivity contribution in [2.45, 2.75) is 19.1 Å². The maximum atomic E-state index is 13.0. The van der Waals surface area contributed by atoms with Gasteiger partial charge in [-0.2, -0.15) is 0 Å². The Morgan fingerprint density at radius 1 is 1.36 bits per heavy atom. The van der Waals surface area contributed by atoms with Crippen LogP contribution in [-0.2, 0) is 6.54 Å². The minimum Gasteiger partial charge on any atom is -0.387 e. The van der Waals surface area contributed by atoms with E-state index in [4.69, 9.17) is 0 Å². The second-order valence-electron chi connectivity index (χ2n) is 3.73. The van der Waals surface area contributed by atoms with Gasteiger partial charge in [0.25, 0.3) is 0 Å². The van der Waals surface area contributed by atoms with Crippen LogP contribution in [0.2, 0.25) is 0 Å². The van der Waals surface area contributed by atoms with Gasteiger partial charge in [0.2, 0.25) is 0 Å². The van der Waals surface area contributed by atoms with E-state index in [1.165, 1.54) is 12.1 Å². The van der Waals surface area contributed by atoms with E-state index in [2.05, 4.69) is 0 Å². The molecule has 0 bridgehead atoms. The summed E-state index contributed by atoms with van der Waals surface area (Å²) >= 11 is 0. The summed E-state index contributed by atoms with van der Waals surface area (Å²) in [4.78, 5) is 0. The minimum atomic E-state index is -0.384. The molecule has 1 aromatic heterocycles. The molecule has 0 saturated carbocycles. The minimum absolute atomic E-state index is 0.222. The molecular formula is C11H10FNO. The molecule has 0 amide bonds. The Bertz CT molecular complexity index is 503. The summed E-state index contributed by atoms with van der Waals surface area (Å²) in [7, 11) is 0. The zero-order valence-corrected chi connectivity index (χ0v) is 7.57. The van der Waals surface area contributed by atoms with Gasteiger partial charge in [0.05, 0.1) is 11.6 Å². The van der Waals surface area contributed by atoms with E-state index in [9.17, 15) is 9.50 Å². The Balaban J connectivity index is 2.36. The predicted octanol–water partition coefficient (Wildman–Crippen LogP) is 2.22. The molecule has 3 heteroatoms. The van der Waals surface area contributed by atoms with Crippen LogP contribution in [0.5, 0.6) is 0 Å². The number of hydrogen-bond acceptors (Lipinski definition) is 1. The number of fused-ring (bicyclic) bond motifs is 3. The summed E-state index contributed by atoms with van der Waals surface area (Å²) in [6, 6.07) is 6.66. The van der Waals surface area contributed by atoms with Gasteiger partial charge in [-0.05, 0) is 30.7 Å². The number of rotatable bonds is 0. The Hall–Kier alpha value is -1.35. The van der Waals surface area contributed by atoms with Crippen LogP contribution in [0.4, 0.5) is 4.39 Å². The van der Waals surface area contributed by atoms with Gasteiger partial charge in [-0.15, -0.1) is 0 Å². The van der Waals surface area contributed by atoms with Gasteiger partial charge in [-0.3, -0.25) is 0 Å². The highest BCUT2D eigenvalue weighted by Gasteiger charge is 2.22. The topological polar surface area (TPSA) is 25.2 Å². The number of aryl methyl sites for hydroxylation is 1. The van der Waals surface area contributed by atoms with Crippen molar-refractivity contribution in [1.82, 2.24) is 4.57 Å². The lowest BCUT2D eigenvalue weighted by Crippen LogP contribution is -1.91. The second-order valence-corrected chi connectivity index (χ2v) is 3.73. The van der Waals surface area contributed by atoms with Crippen LogP contribution >= 0.6 is 0 Å². The van der Waals surface area contributed by atoms with Crippen molar-refractivity contribution in [1.29, 1.82) is 0 Å². The number of hydrogen-bond donors (Lipinski definition) is 1. The molecule has 2 aromatic rings. The van der Waals surface area contributed by atoms with E-state index in [1.807, 2.05) is 10.6 Å². The summed E-state index contributed by atoms with van der Waals surface area (Å²) in [5.41, 5.74) is 1.79. The third-order valence-corrected chi connectivity index (χ3v) is 2.87. The van der Waals surface area contributed by atoms with Crippen molar-refractivity contribution in [3.05, 3.63) is 35.8 Å². The van der Waals surface area contributed by atoms with E-state index >= 15 is 0 Å². The molecule has 0 radical (unpaired) electrons. The van der Waals surface area contributed by atoms with Crippen molar-refractivity contribution >= 4 is 10.9 Å². The van der Waals surface area contributed by atoms with Crippen LogP contribution in [0.25, 0.3) is 10.9 Å². The molecule has 0 fully saturated rings. The molecule has 1 atom stereocenters. The Labute approximate surface area is 80.6 Å². The fraction of sp³-hybridized carbons (Fsp3) is 0.273. The summed E-state index contributed by atoms with van der Waals surface area (Å²) in [5.74, 6) is -0.222. The zero-order chi connectivity index (χ0) is 9.71. The van der Waals surface area contributed by atoms with Gasteiger partial charge in [0.1, 0.15) is 5.82 Å². The number of benzene rings is 1. The highest BCUT2D eigenvalue weighted by molar-refractivity contribution is 5.81. The fourth-order valence-corrected chi connectivity index (χ4v) is 2.17. The normalized spacial score (nSPS) is 20.3. The molecule has 1 aromatic carbocycles. The van der Waals surface area contributed by atoms with E-state index in [0.717, 1.165) is 29.6 Å². The largest absolute Gasteiger partial charge is 0.387 e. The van der Waals surface area contributed by atoms with Gasteiger partial charge < -0.3 is 9.67 Å². The van der Waals surface area contributed by atoms with Gasteiger partial charge >= 0.3 is 0 Å². The summed E-state index contributed by atoms with van der Waals surface area (Å²) in [5, 5.41) is 10.6. The van der Waals surface area contributed by atoms with Crippen molar-refractivity contribution in [2.75, 3.05) is 0 Å². The molecule has 0 spiro atoms. The molecule has 1 unspecified atom stereocenters. The van der Waals surface area contributed by atoms with Crippen LogP contribution < -0.4 is 0 Å². The molecule has 2 heterocycles. The van der Waals surface area contributed by atoms with Crippen molar-refractivity contribution < 1.29 is 9.50 Å². The first kappa shape index (κ1) is 8.00. The lowest BCUT2D eigenvalue weighted by atomic mass is 10.2. The maximum Gasteiger partial charge on any atom is 0.125 e. The standard InChI is InChI=1S/C11H10FNO/c12-8-2-1-7-5-10-11(14)3-4-13(10)9(7)6-8/h1-2,5-6,11,14H,3-4H2. The highest BCUT2D eigenvalue weighted by atomic mass is 19.1. The van der Waals surface area contributed by atoms with Crippen molar-refractivity contribution in [3.63, 3.8) is 0 Å². The van der Waals surface area contributed by atoms with Crippen molar-refractivity contribution in [2.24, 2.45) is 0 Å². The van der Waals surface area contributed by atoms with Crippen LogP contribution in [-0.4, -0.2) is 9.67 Å². The molecule has 2 nitrogen and oxygen atoms in total. The van der Waals surface area contributed by atoms with E-state index in [-0.39, 0.29) is 11.9 Å². The number of halogens is 1. The first-order valence-electron chi connectivity index (χ1n) is 4.72. The SMILES string of the molecule is OC1CCn2c1cc1ccc(F)cc12. The smallest absolute Gasteiger partial charge is 0.125 e. The Morgan fingerprint density at radius 3 is 3.07 bits per heavy atom. The van der Waals surface area contributed by atoms with Crippen LogP contribution in [0.3, 0.4) is 0 Å². The molecule has 0 aliphatic carbocycles. The van der Waals surface area contributed by atoms with Crippen LogP contribution in [0, 0.1) is 5.82 Å². The van der Waals surface area contributed by atoms with E-state index < -0.39 is 0 Å². The van der Waals surface area contributed by atoms with Crippen LogP contribution in [0.1, 0.15) is 18.2 Å². The molecule has 1 aliphatic rings. The van der Waals surface area contributed by atoms with Gasteiger partial charge in [0, 0.05) is 17.6 Å². The molecule has 3 rings (SSSR count). The lowest BCUT2D eigenvalue weighted by molar-refractivity contribution is 0.180. The maximum absolute atomic E-state index is 13.0. The van der Waals surface area contributed by atoms with Crippen LogP contribution in [0.15, 0.2) is 24.3 Å². The molecule has 1 N–H and O–H groups in total. The lowest BCUT2D eigenvalue weighted by Gasteiger charge is -1.99. The third-order valence-electron chi connectivity index (χ3n) is 2.87. The Kier molecular flexibility index (Phi) is 1.47. The fourth-order valence-electron chi connectivity index (χ4n) is 2.17. The summed E-state index contributed by atoms with van der Waals surface area (Å²) < 4.78 is 15.0. The average molecular weight is 191 g/mol. The average Bonchev–Trinajstić information content (AvgIpc) is 2.67. The van der Waals surface area contributed by atoms with E-state index in [0.29, 0.717) is 0 Å². The molecular weight excluding hydrogens is 181 g/mol. The van der Waals surface area contributed by atoms with E-state index in [1.54, 1.807) is 6.07 Å². The number of nitrogens with zero attached hydrogens (tertiary/aromatic N) is 1. The number of aromatic nitrogens is 1. The molecule has 0 saturated heterocycles. The first-order valence-corrected chi connectivity index (χ1v) is 4.72. The van der Waals surface area contributed by atoms with Gasteiger partial charge in [-0.1, -0.05) is 0 Å². The van der Waals surface area contributed by atoms with Gasteiger partial charge in [-0.25, -0.2) is 4.39 Å². The quantitative estimate of drug-likeness (QED) is 0.678. The summed E-state index contributed by atoms with van der Waals surface area (Å²) in [6.07, 6.45) is 0.354. The zero-order valence-electron chi connectivity index (χ0n) is 7.57. The second kappa shape index (κ2) is 2.58. The molecule has 14 heavy (non-hydrogen) atoms. The predicted molar refractivity (Wildman–Crippen MR) is 51.5 cm³/mol. The first-order chi connectivity index (χ1) is 6.75. The van der Waals surface area contributed by atoms with Gasteiger partial charge in [0.15, 0.2) is 0 Å².